The lowest BCUT2D eigenvalue weighted by Gasteiger charge is -2.25. The summed E-state index contributed by atoms with van der Waals surface area (Å²) in [5.74, 6) is -0.838. The first kappa shape index (κ1) is 12.5. The number of carboxylic acid groups (broad SMARTS) is 1. The molecule has 1 fully saturated rings. The maximum absolute atomic E-state index is 10.9. The molecule has 4 heteroatoms. The average Bonchev–Trinajstić information content (AvgIpc) is 2.25. The van der Waals surface area contributed by atoms with Crippen LogP contribution < -0.4 is 0 Å². The quantitative estimate of drug-likeness (QED) is 0.736. The highest BCUT2D eigenvalue weighted by Gasteiger charge is 2.23. The summed E-state index contributed by atoms with van der Waals surface area (Å²) in [5.41, 5.74) is 0. The van der Waals surface area contributed by atoms with Gasteiger partial charge in [-0.1, -0.05) is 19.8 Å². The van der Waals surface area contributed by atoms with Crippen molar-refractivity contribution >= 4 is 5.97 Å². The molecule has 1 aliphatic rings. The Morgan fingerprint density at radius 2 is 2.20 bits per heavy atom. The zero-order valence-corrected chi connectivity index (χ0v) is 9.28. The number of aliphatic carboxylic acids is 1. The Labute approximate surface area is 90.6 Å². The molecule has 1 unspecified atom stereocenters. The lowest BCUT2D eigenvalue weighted by molar-refractivity contribution is -0.158. The summed E-state index contributed by atoms with van der Waals surface area (Å²) in [4.78, 5) is 10.9. The summed E-state index contributed by atoms with van der Waals surface area (Å²) in [6.07, 6.45) is 3.58. The molecule has 1 atom stereocenters. The minimum Gasteiger partial charge on any atom is -0.479 e. The van der Waals surface area contributed by atoms with E-state index in [4.69, 9.17) is 14.6 Å². The fourth-order valence-corrected chi connectivity index (χ4v) is 1.68. The Morgan fingerprint density at radius 1 is 1.53 bits per heavy atom. The molecular formula is C11H20O4. The fraction of sp³-hybridized carbons (Fsp3) is 0.909. The van der Waals surface area contributed by atoms with Gasteiger partial charge in [0.15, 0.2) is 6.10 Å². The molecule has 0 aliphatic carbocycles. The zero-order chi connectivity index (χ0) is 11.1. The van der Waals surface area contributed by atoms with Crippen molar-refractivity contribution in [2.24, 2.45) is 0 Å². The van der Waals surface area contributed by atoms with Crippen LogP contribution >= 0.6 is 0 Å². The van der Waals surface area contributed by atoms with E-state index in [1.54, 1.807) is 0 Å². The van der Waals surface area contributed by atoms with Crippen LogP contribution in [-0.2, 0) is 14.3 Å². The number of carbonyl (C=O) groups is 1. The molecule has 0 aromatic heterocycles. The molecule has 0 amide bonds. The molecule has 0 spiro atoms. The Bertz CT molecular complexity index is 187. The molecular weight excluding hydrogens is 196 g/mol. The lowest BCUT2D eigenvalue weighted by atomic mass is 10.1. The molecule has 0 radical (unpaired) electrons. The third kappa shape index (κ3) is 4.62. The van der Waals surface area contributed by atoms with E-state index >= 15 is 0 Å². The van der Waals surface area contributed by atoms with Crippen LogP contribution in [0.15, 0.2) is 0 Å². The van der Waals surface area contributed by atoms with E-state index in [9.17, 15) is 4.79 Å². The first-order valence-electron chi connectivity index (χ1n) is 5.70. The number of hydrogen-bond acceptors (Lipinski definition) is 3. The summed E-state index contributed by atoms with van der Waals surface area (Å²) in [6, 6.07) is 0. The summed E-state index contributed by atoms with van der Waals surface area (Å²) in [5, 5.41) is 8.97. The van der Waals surface area contributed by atoms with Crippen LogP contribution in [0.4, 0.5) is 0 Å². The maximum Gasteiger partial charge on any atom is 0.332 e. The van der Waals surface area contributed by atoms with Gasteiger partial charge in [-0.2, -0.15) is 0 Å². The summed E-state index contributed by atoms with van der Waals surface area (Å²) in [6.45, 7) is 3.42. The van der Waals surface area contributed by atoms with Gasteiger partial charge in [0.05, 0.1) is 6.10 Å². The highest BCUT2D eigenvalue weighted by atomic mass is 16.5. The molecule has 1 rings (SSSR count). The normalized spacial score (nSPS) is 20.1. The molecule has 1 saturated heterocycles. The maximum atomic E-state index is 10.9. The summed E-state index contributed by atoms with van der Waals surface area (Å²) >= 11 is 0. The molecule has 0 saturated carbocycles. The van der Waals surface area contributed by atoms with Gasteiger partial charge in [0.25, 0.3) is 0 Å². The van der Waals surface area contributed by atoms with Crippen LogP contribution in [-0.4, -0.2) is 36.5 Å². The summed E-state index contributed by atoms with van der Waals surface area (Å²) < 4.78 is 10.8. The van der Waals surface area contributed by atoms with Gasteiger partial charge in [-0.05, 0) is 19.3 Å². The van der Waals surface area contributed by atoms with Crippen molar-refractivity contribution in [3.05, 3.63) is 0 Å². The van der Waals surface area contributed by atoms with Crippen molar-refractivity contribution in [2.75, 3.05) is 13.2 Å². The van der Waals surface area contributed by atoms with E-state index in [0.29, 0.717) is 19.6 Å². The predicted octanol–water partition coefficient (Wildman–Crippen LogP) is 1.83. The molecule has 0 aromatic carbocycles. The molecule has 0 aromatic rings. The standard InChI is InChI=1S/C11H20O4/c1-2-3-4-10(11(12)13)15-9-5-7-14-8-6-9/h9-10H,2-8H2,1H3,(H,12,13). The molecule has 15 heavy (non-hydrogen) atoms. The Morgan fingerprint density at radius 3 is 2.73 bits per heavy atom. The molecule has 88 valence electrons. The number of unbranched alkanes of at least 4 members (excludes halogenated alkanes) is 1. The highest BCUT2D eigenvalue weighted by Crippen LogP contribution is 2.16. The van der Waals surface area contributed by atoms with E-state index in [2.05, 4.69) is 0 Å². The minimum atomic E-state index is -0.838. The van der Waals surface area contributed by atoms with Gasteiger partial charge >= 0.3 is 5.97 Å². The Balaban J connectivity index is 2.31. The van der Waals surface area contributed by atoms with Crippen molar-refractivity contribution in [1.29, 1.82) is 0 Å². The SMILES string of the molecule is CCCCC(OC1CCOCC1)C(=O)O. The van der Waals surface area contributed by atoms with Gasteiger partial charge in [0.1, 0.15) is 0 Å². The molecule has 1 heterocycles. The van der Waals surface area contributed by atoms with E-state index in [1.165, 1.54) is 0 Å². The van der Waals surface area contributed by atoms with Crippen molar-refractivity contribution in [2.45, 2.75) is 51.2 Å². The third-order valence-corrected chi connectivity index (χ3v) is 2.62. The van der Waals surface area contributed by atoms with E-state index in [0.717, 1.165) is 25.7 Å². The average molecular weight is 216 g/mol. The highest BCUT2D eigenvalue weighted by molar-refractivity contribution is 5.72. The van der Waals surface area contributed by atoms with Crippen molar-refractivity contribution in [1.82, 2.24) is 0 Å². The van der Waals surface area contributed by atoms with Crippen LogP contribution in [0, 0.1) is 0 Å². The van der Waals surface area contributed by atoms with E-state index in [1.807, 2.05) is 6.92 Å². The van der Waals surface area contributed by atoms with Crippen LogP contribution in [0.1, 0.15) is 39.0 Å². The first-order valence-corrected chi connectivity index (χ1v) is 5.70. The second-order valence-corrected chi connectivity index (χ2v) is 3.92. The molecule has 1 aliphatic heterocycles. The number of hydrogen-bond donors (Lipinski definition) is 1. The first-order chi connectivity index (χ1) is 7.24. The van der Waals surface area contributed by atoms with Gasteiger partial charge < -0.3 is 14.6 Å². The predicted molar refractivity (Wildman–Crippen MR) is 55.9 cm³/mol. The molecule has 1 N–H and O–H groups in total. The van der Waals surface area contributed by atoms with Crippen molar-refractivity contribution in [3.8, 4) is 0 Å². The molecule has 4 nitrogen and oxygen atoms in total. The van der Waals surface area contributed by atoms with Gasteiger partial charge in [-0.3, -0.25) is 0 Å². The van der Waals surface area contributed by atoms with Gasteiger partial charge in [0.2, 0.25) is 0 Å². The second-order valence-electron chi connectivity index (χ2n) is 3.92. The summed E-state index contributed by atoms with van der Waals surface area (Å²) in [7, 11) is 0. The van der Waals surface area contributed by atoms with Crippen molar-refractivity contribution < 1.29 is 19.4 Å². The van der Waals surface area contributed by atoms with Gasteiger partial charge in [-0.15, -0.1) is 0 Å². The number of rotatable bonds is 6. The topological polar surface area (TPSA) is 55.8 Å². The smallest absolute Gasteiger partial charge is 0.332 e. The van der Waals surface area contributed by atoms with E-state index in [-0.39, 0.29) is 6.10 Å². The zero-order valence-electron chi connectivity index (χ0n) is 9.28. The van der Waals surface area contributed by atoms with Gasteiger partial charge in [-0.25, -0.2) is 4.79 Å². The second kappa shape index (κ2) is 6.80. The Kier molecular flexibility index (Phi) is 5.65. The minimum absolute atomic E-state index is 0.0664. The fourth-order valence-electron chi connectivity index (χ4n) is 1.68. The molecule has 0 bridgehead atoms. The van der Waals surface area contributed by atoms with Crippen LogP contribution in [0.5, 0.6) is 0 Å². The monoisotopic (exact) mass is 216 g/mol. The number of ether oxygens (including phenoxy) is 2. The van der Waals surface area contributed by atoms with Crippen LogP contribution in [0.2, 0.25) is 0 Å². The largest absolute Gasteiger partial charge is 0.479 e. The van der Waals surface area contributed by atoms with E-state index < -0.39 is 12.1 Å². The van der Waals surface area contributed by atoms with Crippen LogP contribution in [0.3, 0.4) is 0 Å². The van der Waals surface area contributed by atoms with Crippen molar-refractivity contribution in [3.63, 3.8) is 0 Å². The third-order valence-electron chi connectivity index (χ3n) is 2.62. The van der Waals surface area contributed by atoms with Gasteiger partial charge in [0, 0.05) is 13.2 Å². The lowest BCUT2D eigenvalue weighted by Crippen LogP contribution is -2.32. The Hall–Kier alpha value is -0.610. The number of carboxylic acids is 1. The van der Waals surface area contributed by atoms with Crippen LogP contribution in [0.25, 0.3) is 0 Å².